The van der Waals surface area contributed by atoms with E-state index in [1.807, 2.05) is 0 Å². The lowest BCUT2D eigenvalue weighted by atomic mass is 10.0. The summed E-state index contributed by atoms with van der Waals surface area (Å²) in [5, 5.41) is 12.9. The van der Waals surface area contributed by atoms with Gasteiger partial charge in [0.25, 0.3) is 5.91 Å². The van der Waals surface area contributed by atoms with Crippen LogP contribution in [0.15, 0.2) is 23.2 Å². The molecule has 0 bridgehead atoms. The number of alkyl carbamates (subject to hydrolysis) is 1. The van der Waals surface area contributed by atoms with Crippen LogP contribution in [-0.4, -0.2) is 70.3 Å². The van der Waals surface area contributed by atoms with Gasteiger partial charge in [0.15, 0.2) is 0 Å². The summed E-state index contributed by atoms with van der Waals surface area (Å²) in [4.78, 5) is 49.1. The predicted molar refractivity (Wildman–Crippen MR) is 139 cm³/mol. The fraction of sp³-hybridized carbons (Fsp3) is 0.520. The minimum Gasteiger partial charge on any atom is -0.487 e. The number of hydrogen-bond donors (Lipinski definition) is 2. The first-order valence-electron chi connectivity index (χ1n) is 13.0. The average molecular weight is 595 g/mol. The summed E-state index contributed by atoms with van der Waals surface area (Å²) in [6.45, 7) is 6.02. The Kier molecular flexibility index (Phi) is 8.60. The van der Waals surface area contributed by atoms with Crippen molar-refractivity contribution >= 4 is 34.0 Å². The van der Waals surface area contributed by atoms with E-state index >= 15 is 0 Å². The van der Waals surface area contributed by atoms with Crippen molar-refractivity contribution in [1.82, 2.24) is 30.5 Å². The van der Waals surface area contributed by atoms with Crippen molar-refractivity contribution in [3.8, 4) is 5.75 Å². The molecule has 1 atom stereocenters. The summed E-state index contributed by atoms with van der Waals surface area (Å²) in [5.74, 6) is -1.81. The molecule has 3 heterocycles. The molecule has 0 spiro atoms. The average Bonchev–Trinajstić information content (AvgIpc) is 3.45. The lowest BCUT2D eigenvalue weighted by Crippen LogP contribution is -2.52. The van der Waals surface area contributed by atoms with E-state index in [4.69, 9.17) is 9.47 Å². The summed E-state index contributed by atoms with van der Waals surface area (Å²) < 4.78 is 49.8. The number of nitrogens with zero attached hydrogens (tertiary/aromatic N) is 4. The number of piperidine rings is 1. The molecular formula is C25H31FN6O8S. The van der Waals surface area contributed by atoms with Gasteiger partial charge in [-0.05, 0) is 46.1 Å². The smallest absolute Gasteiger partial charge is 0.407 e. The molecule has 4 rings (SSSR count). The van der Waals surface area contributed by atoms with Gasteiger partial charge in [-0.1, -0.05) is 5.21 Å². The Balaban J connectivity index is 1.38. The second-order valence-corrected chi connectivity index (χ2v) is 12.0. The van der Waals surface area contributed by atoms with E-state index in [0.29, 0.717) is 31.6 Å². The number of rotatable bonds is 10. The van der Waals surface area contributed by atoms with Crippen LogP contribution in [-0.2, 0) is 44.2 Å². The molecule has 4 amide bonds. The number of aromatic nitrogens is 3. The molecular weight excluding hydrogens is 563 g/mol. The molecule has 0 saturated carbocycles. The van der Waals surface area contributed by atoms with Gasteiger partial charge in [-0.15, -0.1) is 8.98 Å². The zero-order chi connectivity index (χ0) is 29.9. The van der Waals surface area contributed by atoms with Crippen LogP contribution < -0.4 is 15.4 Å². The number of carbonyl (C=O) groups excluding carboxylic acids is 4. The molecule has 1 unspecified atom stereocenters. The molecule has 1 saturated heterocycles. The first kappa shape index (κ1) is 29.9. The highest BCUT2D eigenvalue weighted by Gasteiger charge is 2.41. The molecule has 2 aliphatic rings. The zero-order valence-corrected chi connectivity index (χ0v) is 23.6. The predicted octanol–water partition coefficient (Wildman–Crippen LogP) is 1.58. The van der Waals surface area contributed by atoms with Crippen LogP contribution in [0.4, 0.5) is 8.68 Å². The summed E-state index contributed by atoms with van der Waals surface area (Å²) in [5.41, 5.74) is 0.00216. The number of hydrogen-bond acceptors (Lipinski definition) is 10. The van der Waals surface area contributed by atoms with Crippen LogP contribution >= 0.6 is 0 Å². The van der Waals surface area contributed by atoms with Crippen molar-refractivity contribution < 1.29 is 41.0 Å². The summed E-state index contributed by atoms with van der Waals surface area (Å²) >= 11 is 0. The standard InChI is InChI=1S/C25H31FN6O8S/c1-25(2,3)40-24(36)27-8-4-5-9-31-12-15(29-30-31)14-39-20-11-16(41(26,37)38)10-17-18(20)13-32(23(17)35)19-6-7-21(33)28-22(19)34/h10-12,19H,4-9,13-14H2,1-3H3,(H,27,36)(H,28,33,34). The van der Waals surface area contributed by atoms with E-state index in [9.17, 15) is 31.5 Å². The van der Waals surface area contributed by atoms with E-state index in [1.54, 1.807) is 31.6 Å². The number of ether oxygens (including phenoxy) is 2. The van der Waals surface area contributed by atoms with Crippen LogP contribution in [0.1, 0.15) is 68.1 Å². The van der Waals surface area contributed by atoms with Crippen molar-refractivity contribution in [2.45, 2.75) is 82.7 Å². The number of benzene rings is 1. The van der Waals surface area contributed by atoms with E-state index in [2.05, 4.69) is 20.9 Å². The summed E-state index contributed by atoms with van der Waals surface area (Å²) in [6, 6.07) is 0.960. The maximum atomic E-state index is 13.9. The molecule has 1 aromatic carbocycles. The highest BCUT2D eigenvalue weighted by atomic mass is 32.3. The van der Waals surface area contributed by atoms with Crippen LogP contribution in [0.25, 0.3) is 0 Å². The van der Waals surface area contributed by atoms with Gasteiger partial charge in [0.05, 0.1) is 12.7 Å². The van der Waals surface area contributed by atoms with E-state index < -0.39 is 50.6 Å². The number of nitrogens with one attached hydrogen (secondary N) is 2. The molecule has 14 nitrogen and oxygen atoms in total. The minimum absolute atomic E-state index is 0.0416. The number of carbonyl (C=O) groups is 4. The Morgan fingerprint density at radius 2 is 1.98 bits per heavy atom. The van der Waals surface area contributed by atoms with Crippen LogP contribution in [0.5, 0.6) is 5.75 Å². The maximum absolute atomic E-state index is 13.9. The number of aryl methyl sites for hydroxylation is 1. The second kappa shape index (κ2) is 11.8. The van der Waals surface area contributed by atoms with Gasteiger partial charge in [0.1, 0.15) is 34.6 Å². The van der Waals surface area contributed by atoms with E-state index in [0.717, 1.165) is 12.1 Å². The van der Waals surface area contributed by atoms with Gasteiger partial charge in [0.2, 0.25) is 11.8 Å². The van der Waals surface area contributed by atoms with Gasteiger partial charge in [0, 0.05) is 36.7 Å². The van der Waals surface area contributed by atoms with Gasteiger partial charge < -0.3 is 19.7 Å². The highest BCUT2D eigenvalue weighted by Crippen LogP contribution is 2.36. The molecule has 0 aliphatic carbocycles. The highest BCUT2D eigenvalue weighted by molar-refractivity contribution is 7.86. The fourth-order valence-electron chi connectivity index (χ4n) is 4.44. The number of amides is 4. The molecule has 41 heavy (non-hydrogen) atoms. The number of imide groups is 1. The molecule has 222 valence electrons. The monoisotopic (exact) mass is 594 g/mol. The van der Waals surface area contributed by atoms with Gasteiger partial charge in [-0.25, -0.2) is 4.79 Å². The molecule has 1 aromatic heterocycles. The number of fused-ring (bicyclic) bond motifs is 1. The van der Waals surface area contributed by atoms with Crippen molar-refractivity contribution in [3.63, 3.8) is 0 Å². The van der Waals surface area contributed by atoms with Crippen molar-refractivity contribution in [1.29, 1.82) is 0 Å². The fourth-order valence-corrected chi connectivity index (χ4v) is 4.95. The summed E-state index contributed by atoms with van der Waals surface area (Å²) in [6.07, 6.45) is 2.63. The molecule has 2 aromatic rings. The minimum atomic E-state index is -5.18. The quantitative estimate of drug-likeness (QED) is 0.233. The van der Waals surface area contributed by atoms with Crippen LogP contribution in [0, 0.1) is 0 Å². The Morgan fingerprint density at radius 3 is 2.66 bits per heavy atom. The van der Waals surface area contributed by atoms with E-state index in [1.165, 1.54) is 4.90 Å². The number of unbranched alkanes of at least 4 members (excludes halogenated alkanes) is 1. The van der Waals surface area contributed by atoms with Gasteiger partial charge in [-0.2, -0.15) is 8.42 Å². The third kappa shape index (κ3) is 7.56. The van der Waals surface area contributed by atoms with Crippen molar-refractivity contribution in [3.05, 3.63) is 35.2 Å². The molecule has 2 N–H and O–H groups in total. The van der Waals surface area contributed by atoms with E-state index in [-0.39, 0.29) is 42.9 Å². The normalized spacial score (nSPS) is 17.3. The lowest BCUT2D eigenvalue weighted by Gasteiger charge is -2.29. The molecule has 16 heteroatoms. The largest absolute Gasteiger partial charge is 0.487 e. The Hall–Kier alpha value is -4.08. The van der Waals surface area contributed by atoms with Crippen LogP contribution in [0.3, 0.4) is 0 Å². The third-order valence-corrected chi connectivity index (χ3v) is 7.11. The molecule has 0 radical (unpaired) electrons. The zero-order valence-electron chi connectivity index (χ0n) is 22.8. The third-order valence-electron chi connectivity index (χ3n) is 6.31. The Morgan fingerprint density at radius 1 is 1.22 bits per heavy atom. The topological polar surface area (TPSA) is 179 Å². The lowest BCUT2D eigenvalue weighted by molar-refractivity contribution is -0.136. The Labute approximate surface area is 235 Å². The summed E-state index contributed by atoms with van der Waals surface area (Å²) in [7, 11) is -5.18. The first-order chi connectivity index (χ1) is 19.2. The van der Waals surface area contributed by atoms with Crippen LogP contribution in [0.2, 0.25) is 0 Å². The molecule has 2 aliphatic heterocycles. The molecule has 1 fully saturated rings. The van der Waals surface area contributed by atoms with Gasteiger partial charge >= 0.3 is 16.3 Å². The first-order valence-corrected chi connectivity index (χ1v) is 14.3. The SMILES string of the molecule is CC(C)(C)OC(=O)NCCCCn1cc(COc2cc(S(=O)(=O)F)cc3c2CN(C2CCC(=O)NC2=O)C3=O)nn1. The Bertz CT molecular complexity index is 1470. The second-order valence-electron chi connectivity index (χ2n) is 10.7. The van der Waals surface area contributed by atoms with Crippen molar-refractivity contribution in [2.24, 2.45) is 0 Å². The van der Waals surface area contributed by atoms with Crippen molar-refractivity contribution in [2.75, 3.05) is 6.54 Å². The van der Waals surface area contributed by atoms with Gasteiger partial charge in [-0.3, -0.25) is 24.4 Å². The number of halogens is 1. The maximum Gasteiger partial charge on any atom is 0.407 e.